The van der Waals surface area contributed by atoms with Crippen LogP contribution in [0.5, 0.6) is 0 Å². The Kier molecular flexibility index (Phi) is 3.55. The summed E-state index contributed by atoms with van der Waals surface area (Å²) in [5.41, 5.74) is 0. The van der Waals surface area contributed by atoms with Gasteiger partial charge in [0.2, 0.25) is 0 Å². The van der Waals surface area contributed by atoms with Crippen molar-refractivity contribution >= 4 is 6.34 Å². The number of rotatable bonds is 4. The fourth-order valence-corrected chi connectivity index (χ4v) is 1.28. The zero-order valence-electron chi connectivity index (χ0n) is 8.52. The van der Waals surface area contributed by atoms with Crippen LogP contribution in [-0.2, 0) is 0 Å². The van der Waals surface area contributed by atoms with Crippen LogP contribution in [0.15, 0.2) is 5.10 Å². The van der Waals surface area contributed by atoms with Gasteiger partial charge in [0, 0.05) is 6.54 Å². The van der Waals surface area contributed by atoms with E-state index >= 15 is 0 Å². The molecule has 0 saturated carbocycles. The Morgan fingerprint density at radius 2 is 2.19 bits per heavy atom. The normalized spacial score (nSPS) is 20.6. The van der Waals surface area contributed by atoms with Gasteiger partial charge in [0.1, 0.15) is 6.34 Å². The standard InChI is InChI=1S/C7H11F3N4O2/c1-2-3-4-13-6(14(15)16)12(5-11-13)7(8,9)10/h5-6H,2-4H2,1H3. The first-order chi connectivity index (χ1) is 7.38. The minimum absolute atomic E-state index is 0.130. The summed E-state index contributed by atoms with van der Waals surface area (Å²) < 4.78 is 37.1. The molecule has 0 aromatic rings. The molecule has 0 fully saturated rings. The van der Waals surface area contributed by atoms with Gasteiger partial charge >= 0.3 is 12.6 Å². The number of nitrogens with zero attached hydrogens (tertiary/aromatic N) is 4. The van der Waals surface area contributed by atoms with Gasteiger partial charge in [0.15, 0.2) is 0 Å². The minimum Gasteiger partial charge on any atom is -0.261 e. The Hall–Kier alpha value is -1.54. The molecule has 1 aliphatic rings. The summed E-state index contributed by atoms with van der Waals surface area (Å²) >= 11 is 0. The van der Waals surface area contributed by atoms with Crippen LogP contribution in [0, 0.1) is 10.1 Å². The molecule has 0 aromatic heterocycles. The summed E-state index contributed by atoms with van der Waals surface area (Å²) in [6, 6.07) is 0. The number of alkyl halides is 3. The van der Waals surface area contributed by atoms with Gasteiger partial charge < -0.3 is 0 Å². The van der Waals surface area contributed by atoms with Gasteiger partial charge in [0.25, 0.3) is 0 Å². The van der Waals surface area contributed by atoms with Gasteiger partial charge in [0.05, 0.1) is 4.92 Å². The van der Waals surface area contributed by atoms with E-state index in [-0.39, 0.29) is 11.4 Å². The van der Waals surface area contributed by atoms with Crippen molar-refractivity contribution in [3.8, 4) is 0 Å². The number of hydrazone groups is 1. The fourth-order valence-electron chi connectivity index (χ4n) is 1.28. The quantitative estimate of drug-likeness (QED) is 0.423. The Balaban J connectivity index is 2.77. The smallest absolute Gasteiger partial charge is 0.261 e. The molecule has 1 heterocycles. The highest BCUT2D eigenvalue weighted by Gasteiger charge is 2.51. The topological polar surface area (TPSA) is 62.0 Å². The molecule has 0 aromatic carbocycles. The average Bonchev–Trinajstić information content (AvgIpc) is 2.57. The summed E-state index contributed by atoms with van der Waals surface area (Å²) in [6.07, 6.45) is -5.05. The molecule has 0 aliphatic carbocycles. The maximum atomic E-state index is 12.4. The number of nitro groups is 1. The second-order valence-corrected chi connectivity index (χ2v) is 3.25. The van der Waals surface area contributed by atoms with E-state index in [9.17, 15) is 23.3 Å². The van der Waals surface area contributed by atoms with Crippen LogP contribution in [-0.4, -0.2) is 40.3 Å². The van der Waals surface area contributed by atoms with E-state index in [1.54, 1.807) is 0 Å². The van der Waals surface area contributed by atoms with E-state index in [2.05, 4.69) is 5.10 Å². The van der Waals surface area contributed by atoms with Gasteiger partial charge in [-0.3, -0.25) is 10.1 Å². The van der Waals surface area contributed by atoms with Crippen LogP contribution >= 0.6 is 0 Å². The highest BCUT2D eigenvalue weighted by atomic mass is 19.4. The monoisotopic (exact) mass is 240 g/mol. The maximum Gasteiger partial charge on any atom is 0.492 e. The summed E-state index contributed by atoms with van der Waals surface area (Å²) in [5.74, 6) is 0. The first-order valence-electron chi connectivity index (χ1n) is 4.67. The predicted octanol–water partition coefficient (Wildman–Crippen LogP) is 1.43. The van der Waals surface area contributed by atoms with Gasteiger partial charge in [-0.1, -0.05) is 13.3 Å². The second-order valence-electron chi connectivity index (χ2n) is 3.25. The zero-order chi connectivity index (χ0) is 12.3. The second kappa shape index (κ2) is 4.54. The van der Waals surface area contributed by atoms with Crippen molar-refractivity contribution in [2.24, 2.45) is 5.10 Å². The average molecular weight is 240 g/mol. The van der Waals surface area contributed by atoms with Gasteiger partial charge in [-0.05, 0) is 6.42 Å². The van der Waals surface area contributed by atoms with E-state index in [4.69, 9.17) is 0 Å². The molecule has 1 atom stereocenters. The highest BCUT2D eigenvalue weighted by Crippen LogP contribution is 2.27. The molecule has 1 aliphatic heterocycles. The van der Waals surface area contributed by atoms with E-state index < -0.39 is 17.5 Å². The zero-order valence-corrected chi connectivity index (χ0v) is 8.52. The molecule has 0 radical (unpaired) electrons. The van der Waals surface area contributed by atoms with Crippen molar-refractivity contribution in [3.05, 3.63) is 10.1 Å². The Morgan fingerprint density at radius 1 is 1.56 bits per heavy atom. The first kappa shape index (κ1) is 12.5. The molecule has 6 nitrogen and oxygen atoms in total. The third-order valence-corrected chi connectivity index (χ3v) is 2.06. The van der Waals surface area contributed by atoms with Crippen LogP contribution in [0.2, 0.25) is 0 Å². The van der Waals surface area contributed by atoms with Crippen LogP contribution < -0.4 is 0 Å². The molecule has 0 bridgehead atoms. The van der Waals surface area contributed by atoms with Crippen LogP contribution in [0.3, 0.4) is 0 Å². The lowest BCUT2D eigenvalue weighted by atomic mass is 10.3. The van der Waals surface area contributed by atoms with Crippen molar-refractivity contribution in [2.75, 3.05) is 6.54 Å². The summed E-state index contributed by atoms with van der Waals surface area (Å²) in [4.78, 5) is 9.25. The largest absolute Gasteiger partial charge is 0.492 e. The molecule has 0 N–H and O–H groups in total. The third kappa shape index (κ3) is 2.52. The van der Waals surface area contributed by atoms with E-state index in [0.29, 0.717) is 12.8 Å². The molecule has 0 spiro atoms. The van der Waals surface area contributed by atoms with Crippen molar-refractivity contribution in [3.63, 3.8) is 0 Å². The molecule has 16 heavy (non-hydrogen) atoms. The Labute approximate surface area is 89.5 Å². The lowest BCUT2D eigenvalue weighted by Crippen LogP contribution is -2.51. The van der Waals surface area contributed by atoms with Crippen molar-refractivity contribution in [2.45, 2.75) is 32.4 Å². The maximum absolute atomic E-state index is 12.4. The van der Waals surface area contributed by atoms with Crippen LogP contribution in [0.25, 0.3) is 0 Å². The molecule has 0 saturated heterocycles. The van der Waals surface area contributed by atoms with E-state index in [1.807, 2.05) is 6.92 Å². The van der Waals surface area contributed by atoms with Crippen molar-refractivity contribution in [1.29, 1.82) is 0 Å². The van der Waals surface area contributed by atoms with E-state index in [0.717, 1.165) is 11.4 Å². The van der Waals surface area contributed by atoms with Gasteiger partial charge in [-0.15, -0.1) is 13.2 Å². The summed E-state index contributed by atoms with van der Waals surface area (Å²) in [7, 11) is 0. The van der Waals surface area contributed by atoms with Crippen molar-refractivity contribution in [1.82, 2.24) is 9.91 Å². The Bertz CT molecular complexity index is 294. The minimum atomic E-state index is -4.79. The van der Waals surface area contributed by atoms with Crippen molar-refractivity contribution < 1.29 is 18.1 Å². The van der Waals surface area contributed by atoms with Gasteiger partial charge in [-0.2, -0.15) is 10.0 Å². The first-order valence-corrected chi connectivity index (χ1v) is 4.67. The molecule has 1 unspecified atom stereocenters. The third-order valence-electron chi connectivity index (χ3n) is 2.06. The Morgan fingerprint density at radius 3 is 2.62 bits per heavy atom. The molecular weight excluding hydrogens is 229 g/mol. The number of halogens is 3. The number of unbranched alkanes of at least 4 members (excludes halogenated alkanes) is 1. The van der Waals surface area contributed by atoms with E-state index in [1.165, 1.54) is 0 Å². The fraction of sp³-hybridized carbons (Fsp3) is 0.857. The van der Waals surface area contributed by atoms with Gasteiger partial charge in [-0.25, -0.2) is 5.01 Å². The van der Waals surface area contributed by atoms with Crippen LogP contribution in [0.1, 0.15) is 19.8 Å². The molecular formula is C7H11F3N4O2. The number of hydrogen-bond acceptors (Lipinski definition) is 5. The molecule has 0 amide bonds. The predicted molar refractivity (Wildman–Crippen MR) is 48.8 cm³/mol. The molecule has 92 valence electrons. The number of hydrogen-bond donors (Lipinski definition) is 0. The summed E-state index contributed by atoms with van der Waals surface area (Å²) in [6.45, 7) is 1.97. The summed E-state index contributed by atoms with van der Waals surface area (Å²) in [5, 5.41) is 14.8. The molecule has 9 heteroatoms. The lowest BCUT2D eigenvalue weighted by Gasteiger charge is -2.24. The lowest BCUT2D eigenvalue weighted by molar-refractivity contribution is -0.584. The van der Waals surface area contributed by atoms with Crippen LogP contribution in [0.4, 0.5) is 13.2 Å². The SMILES string of the molecule is CCCCN1N=CN(C(F)(F)F)C1[N+](=O)[O-]. The highest BCUT2D eigenvalue weighted by molar-refractivity contribution is 5.57. The molecule has 1 rings (SSSR count).